The van der Waals surface area contributed by atoms with Crippen LogP contribution in [0.2, 0.25) is 5.15 Å². The normalized spacial score (nSPS) is 18.0. The molecule has 30 heavy (non-hydrogen) atoms. The average molecular weight is 431 g/mol. The lowest BCUT2D eigenvalue weighted by atomic mass is 9.62. The molecule has 0 radical (unpaired) electrons. The minimum absolute atomic E-state index is 0.316. The number of rotatable bonds is 4. The summed E-state index contributed by atoms with van der Waals surface area (Å²) in [5.74, 6) is 0.393. The first-order chi connectivity index (χ1) is 13.9. The highest BCUT2D eigenvalue weighted by molar-refractivity contribution is 6.29. The van der Waals surface area contributed by atoms with Gasteiger partial charge in [-0.25, -0.2) is 9.78 Å². The lowest BCUT2D eigenvalue weighted by Gasteiger charge is -2.56. The van der Waals surface area contributed by atoms with Crippen molar-refractivity contribution in [2.45, 2.75) is 58.7 Å². The summed E-state index contributed by atoms with van der Waals surface area (Å²) in [7, 11) is 0. The fourth-order valence-electron chi connectivity index (χ4n) is 4.08. The molecule has 5 nitrogen and oxygen atoms in total. The van der Waals surface area contributed by atoms with Gasteiger partial charge in [0.05, 0.1) is 0 Å². The second kappa shape index (κ2) is 7.86. The van der Waals surface area contributed by atoms with E-state index in [9.17, 15) is 9.90 Å². The first kappa shape index (κ1) is 22.6. The molecular weight excluding hydrogens is 400 g/mol. The van der Waals surface area contributed by atoms with Gasteiger partial charge in [-0.2, -0.15) is 0 Å². The summed E-state index contributed by atoms with van der Waals surface area (Å²) in [6.45, 7) is 12.5. The molecule has 162 valence electrons. The summed E-state index contributed by atoms with van der Waals surface area (Å²) in [5, 5.41) is 12.5. The topological polar surface area (TPSA) is 62.7 Å². The number of carbonyl (C=O) groups excluding carboxylic acids is 1. The summed E-state index contributed by atoms with van der Waals surface area (Å²) in [6.07, 6.45) is 1.23. The third-order valence-electron chi connectivity index (χ3n) is 5.74. The van der Waals surface area contributed by atoms with Crippen molar-refractivity contribution >= 4 is 17.7 Å². The Morgan fingerprint density at radius 2 is 1.77 bits per heavy atom. The van der Waals surface area contributed by atoms with Gasteiger partial charge in [0.1, 0.15) is 16.4 Å². The first-order valence-electron chi connectivity index (χ1n) is 10.3. The highest BCUT2D eigenvalue weighted by Crippen LogP contribution is 2.51. The van der Waals surface area contributed by atoms with E-state index in [1.165, 1.54) is 5.56 Å². The average Bonchev–Trinajstić information content (AvgIpc) is 2.63. The van der Waals surface area contributed by atoms with Gasteiger partial charge < -0.3 is 14.7 Å². The molecule has 2 heterocycles. The summed E-state index contributed by atoms with van der Waals surface area (Å²) in [6, 6.07) is 11.5. The van der Waals surface area contributed by atoms with Crippen molar-refractivity contribution in [3.05, 3.63) is 64.4 Å². The van der Waals surface area contributed by atoms with Crippen molar-refractivity contribution in [1.82, 2.24) is 9.88 Å². The first-order valence-corrected chi connectivity index (χ1v) is 10.7. The van der Waals surface area contributed by atoms with E-state index >= 15 is 0 Å². The van der Waals surface area contributed by atoms with E-state index < -0.39 is 16.6 Å². The molecule has 1 atom stereocenters. The minimum Gasteiger partial charge on any atom is -0.444 e. The number of carbonyl (C=O) groups is 1. The fraction of sp³-hybridized carbons (Fsp3) is 0.500. The molecule has 0 spiro atoms. The fourth-order valence-corrected chi connectivity index (χ4v) is 4.25. The van der Waals surface area contributed by atoms with E-state index in [1.807, 2.05) is 52.0 Å². The maximum absolute atomic E-state index is 12.5. The number of aliphatic hydroxyl groups is 1. The highest BCUT2D eigenvalue weighted by atomic mass is 35.5. The number of likely N-dealkylation sites (tertiary alicyclic amines) is 1. The molecule has 1 aliphatic rings. The molecule has 0 saturated carbocycles. The predicted molar refractivity (Wildman–Crippen MR) is 119 cm³/mol. The quantitative estimate of drug-likeness (QED) is 0.664. The van der Waals surface area contributed by atoms with E-state index in [0.29, 0.717) is 29.7 Å². The summed E-state index contributed by atoms with van der Waals surface area (Å²) >= 11 is 6.16. The monoisotopic (exact) mass is 430 g/mol. The van der Waals surface area contributed by atoms with Crippen LogP contribution in [0.3, 0.4) is 0 Å². The summed E-state index contributed by atoms with van der Waals surface area (Å²) in [5.41, 5.74) is 0.0984. The molecule has 3 rings (SSSR count). The van der Waals surface area contributed by atoms with Gasteiger partial charge in [0.2, 0.25) is 0 Å². The zero-order chi connectivity index (χ0) is 22.3. The van der Waals surface area contributed by atoms with Gasteiger partial charge in [-0.15, -0.1) is 0 Å². The van der Waals surface area contributed by atoms with Crippen molar-refractivity contribution < 1.29 is 14.6 Å². The molecule has 1 aromatic heterocycles. The second-order valence-corrected chi connectivity index (χ2v) is 10.1. The number of amides is 1. The molecule has 0 aliphatic carbocycles. The molecule has 1 fully saturated rings. The van der Waals surface area contributed by atoms with E-state index in [1.54, 1.807) is 23.2 Å². The number of aromatic nitrogens is 1. The molecule has 0 unspecified atom stereocenters. The van der Waals surface area contributed by atoms with Crippen molar-refractivity contribution in [2.75, 3.05) is 13.1 Å². The number of hydrogen-bond donors (Lipinski definition) is 1. The minimum atomic E-state index is -1.34. The Balaban J connectivity index is 1.98. The number of pyridine rings is 1. The van der Waals surface area contributed by atoms with Gasteiger partial charge in [0.15, 0.2) is 0 Å². The molecule has 1 aromatic carbocycles. The maximum Gasteiger partial charge on any atom is 0.410 e. The SMILES string of the molecule is CC(C)c1ccc([C@](O)(c2ccnc(Cl)c2)C2(C)CN(C(=O)OC(C)(C)C)C2)cc1. The molecule has 0 bridgehead atoms. The Hall–Kier alpha value is -2.11. The molecule has 1 saturated heterocycles. The Morgan fingerprint density at radius 1 is 1.17 bits per heavy atom. The number of ether oxygens (including phenoxy) is 1. The highest BCUT2D eigenvalue weighted by Gasteiger charge is 2.58. The third kappa shape index (κ3) is 4.19. The zero-order valence-corrected chi connectivity index (χ0v) is 19.3. The van der Waals surface area contributed by atoms with Gasteiger partial charge in [-0.3, -0.25) is 0 Å². The van der Waals surface area contributed by atoms with Gasteiger partial charge in [0, 0.05) is 24.7 Å². The second-order valence-electron chi connectivity index (χ2n) is 9.75. The zero-order valence-electron chi connectivity index (χ0n) is 18.6. The number of halogens is 1. The Morgan fingerprint density at radius 3 is 2.27 bits per heavy atom. The van der Waals surface area contributed by atoms with Gasteiger partial charge in [0.25, 0.3) is 0 Å². The Bertz CT molecular complexity index is 915. The van der Waals surface area contributed by atoms with Gasteiger partial charge in [-0.05, 0) is 55.5 Å². The number of hydrogen-bond acceptors (Lipinski definition) is 4. The molecule has 1 aliphatic heterocycles. The van der Waals surface area contributed by atoms with Crippen LogP contribution in [0, 0.1) is 5.41 Å². The largest absolute Gasteiger partial charge is 0.444 e. The van der Waals surface area contributed by atoms with E-state index in [4.69, 9.17) is 16.3 Å². The Labute approximate surface area is 184 Å². The molecule has 1 N–H and O–H groups in total. The van der Waals surface area contributed by atoms with Gasteiger partial charge in [-0.1, -0.05) is 56.6 Å². The molecule has 2 aromatic rings. The molecular formula is C24H31ClN2O3. The number of benzene rings is 1. The van der Waals surface area contributed by atoms with Crippen LogP contribution < -0.4 is 0 Å². The van der Waals surface area contributed by atoms with Crippen LogP contribution in [0.4, 0.5) is 4.79 Å². The van der Waals surface area contributed by atoms with Crippen molar-refractivity contribution in [3.8, 4) is 0 Å². The van der Waals surface area contributed by atoms with Crippen molar-refractivity contribution in [2.24, 2.45) is 5.41 Å². The molecule has 6 heteroatoms. The lowest BCUT2D eigenvalue weighted by Crippen LogP contribution is -2.66. The van der Waals surface area contributed by atoms with Crippen LogP contribution in [-0.2, 0) is 10.3 Å². The van der Waals surface area contributed by atoms with Crippen LogP contribution in [0.15, 0.2) is 42.6 Å². The van der Waals surface area contributed by atoms with Crippen molar-refractivity contribution in [3.63, 3.8) is 0 Å². The van der Waals surface area contributed by atoms with E-state index in [0.717, 1.165) is 5.56 Å². The van der Waals surface area contributed by atoms with Gasteiger partial charge >= 0.3 is 6.09 Å². The summed E-state index contributed by atoms with van der Waals surface area (Å²) in [4.78, 5) is 18.2. The van der Waals surface area contributed by atoms with Crippen molar-refractivity contribution in [1.29, 1.82) is 0 Å². The van der Waals surface area contributed by atoms with Crippen LogP contribution in [-0.4, -0.2) is 39.8 Å². The third-order valence-corrected chi connectivity index (χ3v) is 5.95. The van der Waals surface area contributed by atoms with Crippen LogP contribution in [0.1, 0.15) is 64.2 Å². The van der Waals surface area contributed by atoms with Crippen LogP contribution in [0.25, 0.3) is 0 Å². The maximum atomic E-state index is 12.5. The van der Waals surface area contributed by atoms with Crippen LogP contribution >= 0.6 is 11.6 Å². The standard InChI is InChI=1S/C24H31ClN2O3/c1-16(2)17-7-9-18(10-8-17)24(29,19-11-12-26-20(25)13-19)23(6)14-27(15-23)21(28)30-22(3,4)5/h7-13,16,29H,14-15H2,1-6H3/t24-/m0/s1. The molecule has 1 amide bonds. The van der Waals surface area contributed by atoms with Crippen LogP contribution in [0.5, 0.6) is 0 Å². The smallest absolute Gasteiger partial charge is 0.410 e. The predicted octanol–water partition coefficient (Wildman–Crippen LogP) is 5.35. The van der Waals surface area contributed by atoms with E-state index in [-0.39, 0.29) is 6.09 Å². The summed E-state index contributed by atoms with van der Waals surface area (Å²) < 4.78 is 5.49. The van der Waals surface area contributed by atoms with E-state index in [2.05, 4.69) is 18.8 Å². The lowest BCUT2D eigenvalue weighted by molar-refractivity contribution is -0.131. The Kier molecular flexibility index (Phi) is 5.91. The number of nitrogens with zero attached hydrogens (tertiary/aromatic N) is 2.